The molecule has 0 aliphatic rings. The van der Waals surface area contributed by atoms with E-state index < -0.39 is 4.92 Å². The second-order valence-electron chi connectivity index (χ2n) is 6.54. The third-order valence-electron chi connectivity index (χ3n) is 4.40. The van der Waals surface area contributed by atoms with Crippen LogP contribution >= 0.6 is 15.9 Å². The summed E-state index contributed by atoms with van der Waals surface area (Å²) in [7, 11) is 1.62. The minimum atomic E-state index is -0.415. The Morgan fingerprint density at radius 2 is 1.86 bits per heavy atom. The third-order valence-corrected chi connectivity index (χ3v) is 5.13. The number of hydrogen-bond acceptors (Lipinski definition) is 5. The Kier molecular flexibility index (Phi) is 9.23. The number of unbranched alkanes of at least 4 members (excludes halogenated alkanes) is 3. The first-order valence-corrected chi connectivity index (χ1v) is 10.3. The van der Waals surface area contributed by atoms with Gasteiger partial charge in [0.1, 0.15) is 6.61 Å². The second-order valence-corrected chi connectivity index (χ2v) is 7.40. The van der Waals surface area contributed by atoms with Crippen molar-refractivity contribution < 1.29 is 14.4 Å². The van der Waals surface area contributed by atoms with Crippen LogP contribution in [0.5, 0.6) is 11.5 Å². The number of nitro benzene ring substituents is 1. The van der Waals surface area contributed by atoms with Crippen molar-refractivity contribution in [3.05, 3.63) is 62.1 Å². The summed E-state index contributed by atoms with van der Waals surface area (Å²) in [4.78, 5) is 10.3. The first kappa shape index (κ1) is 22.2. The summed E-state index contributed by atoms with van der Waals surface area (Å²) in [6.45, 7) is 4.26. The van der Waals surface area contributed by atoms with Gasteiger partial charge in [0.25, 0.3) is 5.69 Å². The van der Waals surface area contributed by atoms with Crippen LogP contribution in [0.2, 0.25) is 0 Å². The number of rotatable bonds is 12. The van der Waals surface area contributed by atoms with E-state index in [0.717, 1.165) is 28.7 Å². The fourth-order valence-corrected chi connectivity index (χ4v) is 3.22. The molecule has 2 rings (SSSR count). The van der Waals surface area contributed by atoms with Gasteiger partial charge in [-0.1, -0.05) is 42.1 Å². The third kappa shape index (κ3) is 6.80. The predicted molar refractivity (Wildman–Crippen MR) is 114 cm³/mol. The molecule has 7 heteroatoms. The first-order valence-electron chi connectivity index (χ1n) is 9.48. The van der Waals surface area contributed by atoms with Gasteiger partial charge in [-0.2, -0.15) is 0 Å². The van der Waals surface area contributed by atoms with Crippen LogP contribution < -0.4 is 14.8 Å². The van der Waals surface area contributed by atoms with Gasteiger partial charge in [0.05, 0.1) is 12.0 Å². The molecular weight excluding hydrogens is 424 g/mol. The molecule has 0 radical (unpaired) electrons. The highest BCUT2D eigenvalue weighted by molar-refractivity contribution is 9.10. The van der Waals surface area contributed by atoms with Crippen LogP contribution in [-0.2, 0) is 13.2 Å². The highest BCUT2D eigenvalue weighted by Crippen LogP contribution is 2.34. The van der Waals surface area contributed by atoms with E-state index in [1.54, 1.807) is 19.2 Å². The fraction of sp³-hybridized carbons (Fsp3) is 0.429. The summed E-state index contributed by atoms with van der Waals surface area (Å²) in [5, 5.41) is 14.2. The number of nitrogens with zero attached hydrogens (tertiary/aromatic N) is 1. The molecule has 0 saturated heterocycles. The van der Waals surface area contributed by atoms with E-state index >= 15 is 0 Å². The molecule has 2 aromatic rings. The summed E-state index contributed by atoms with van der Waals surface area (Å²) in [6, 6.07) is 10.2. The van der Waals surface area contributed by atoms with Crippen LogP contribution in [0.1, 0.15) is 43.7 Å². The molecular formula is C21H27BrN2O4. The van der Waals surface area contributed by atoms with E-state index in [2.05, 4.69) is 28.2 Å². The lowest BCUT2D eigenvalue weighted by Gasteiger charge is -2.14. The van der Waals surface area contributed by atoms with E-state index in [9.17, 15) is 10.1 Å². The van der Waals surface area contributed by atoms with Crippen LogP contribution in [0.4, 0.5) is 5.69 Å². The molecule has 0 unspecified atom stereocenters. The molecule has 0 amide bonds. The average Bonchev–Trinajstić information content (AvgIpc) is 2.70. The van der Waals surface area contributed by atoms with E-state index in [-0.39, 0.29) is 5.69 Å². The molecule has 0 aliphatic heterocycles. The summed E-state index contributed by atoms with van der Waals surface area (Å²) in [5.74, 6) is 1.28. The maximum absolute atomic E-state index is 10.7. The summed E-state index contributed by atoms with van der Waals surface area (Å²) in [6.07, 6.45) is 4.95. The number of ether oxygens (including phenoxy) is 2. The predicted octanol–water partition coefficient (Wildman–Crippen LogP) is 5.61. The Balaban J connectivity index is 1.95. The number of halogens is 1. The number of nitro groups is 1. The molecule has 28 heavy (non-hydrogen) atoms. The Labute approximate surface area is 174 Å². The van der Waals surface area contributed by atoms with Crippen molar-refractivity contribution in [1.82, 2.24) is 5.32 Å². The Morgan fingerprint density at radius 3 is 2.50 bits per heavy atom. The quantitative estimate of drug-likeness (QED) is 0.258. The van der Waals surface area contributed by atoms with Gasteiger partial charge in [0, 0.05) is 23.2 Å². The fourth-order valence-electron chi connectivity index (χ4n) is 2.76. The van der Waals surface area contributed by atoms with Gasteiger partial charge in [-0.25, -0.2) is 0 Å². The van der Waals surface area contributed by atoms with Crippen molar-refractivity contribution in [1.29, 1.82) is 0 Å². The second kappa shape index (κ2) is 11.7. The lowest BCUT2D eigenvalue weighted by molar-refractivity contribution is -0.384. The number of non-ortho nitro benzene ring substituents is 1. The molecule has 2 aromatic carbocycles. The Morgan fingerprint density at radius 1 is 1.11 bits per heavy atom. The lowest BCUT2D eigenvalue weighted by Crippen LogP contribution is -2.15. The van der Waals surface area contributed by atoms with Crippen LogP contribution in [0.3, 0.4) is 0 Å². The zero-order chi connectivity index (χ0) is 20.4. The molecule has 0 heterocycles. The van der Waals surface area contributed by atoms with Crippen LogP contribution in [0, 0.1) is 10.1 Å². The summed E-state index contributed by atoms with van der Waals surface area (Å²) >= 11 is 3.61. The van der Waals surface area contributed by atoms with Gasteiger partial charge >= 0.3 is 0 Å². The smallest absolute Gasteiger partial charge is 0.269 e. The van der Waals surface area contributed by atoms with Gasteiger partial charge in [-0.3, -0.25) is 10.1 Å². The van der Waals surface area contributed by atoms with E-state index in [1.165, 1.54) is 37.8 Å². The molecule has 152 valence electrons. The number of hydrogen-bond donors (Lipinski definition) is 1. The minimum absolute atomic E-state index is 0.0654. The molecule has 0 saturated carbocycles. The van der Waals surface area contributed by atoms with Gasteiger partial charge in [0.2, 0.25) is 0 Å². The van der Waals surface area contributed by atoms with Crippen LogP contribution in [0.15, 0.2) is 40.9 Å². The Bertz CT molecular complexity index is 766. The number of nitrogens with one attached hydrogen (secondary N) is 1. The molecule has 0 aromatic heterocycles. The monoisotopic (exact) mass is 450 g/mol. The van der Waals surface area contributed by atoms with Crippen LogP contribution in [0.25, 0.3) is 0 Å². The molecule has 0 atom stereocenters. The topological polar surface area (TPSA) is 73.6 Å². The molecule has 1 N–H and O–H groups in total. The molecule has 0 bridgehead atoms. The molecule has 0 fully saturated rings. The SMILES string of the molecule is CCCCCCNCc1cc(OC)c(OCc2ccc([N+](=O)[O-])cc2)cc1Br. The highest BCUT2D eigenvalue weighted by Gasteiger charge is 2.11. The van der Waals surface area contributed by atoms with Crippen molar-refractivity contribution in [3.63, 3.8) is 0 Å². The van der Waals surface area contributed by atoms with Crippen molar-refractivity contribution >= 4 is 21.6 Å². The number of methoxy groups -OCH3 is 1. The number of benzene rings is 2. The average molecular weight is 451 g/mol. The highest BCUT2D eigenvalue weighted by atomic mass is 79.9. The van der Waals surface area contributed by atoms with E-state index in [0.29, 0.717) is 18.1 Å². The largest absolute Gasteiger partial charge is 0.493 e. The van der Waals surface area contributed by atoms with E-state index in [1.807, 2.05) is 12.1 Å². The van der Waals surface area contributed by atoms with Gasteiger partial charge in [-0.15, -0.1) is 0 Å². The van der Waals surface area contributed by atoms with Crippen molar-refractivity contribution in [2.75, 3.05) is 13.7 Å². The van der Waals surface area contributed by atoms with Crippen molar-refractivity contribution in [3.8, 4) is 11.5 Å². The molecule has 0 spiro atoms. The minimum Gasteiger partial charge on any atom is -0.493 e. The first-order chi connectivity index (χ1) is 13.5. The maximum atomic E-state index is 10.7. The molecule has 0 aliphatic carbocycles. The molecule has 6 nitrogen and oxygen atoms in total. The van der Waals surface area contributed by atoms with Crippen molar-refractivity contribution in [2.45, 2.75) is 45.8 Å². The van der Waals surface area contributed by atoms with Crippen LogP contribution in [-0.4, -0.2) is 18.6 Å². The standard InChI is InChI=1S/C21H27BrN2O4/c1-3-4-5-6-11-23-14-17-12-20(27-2)21(13-19(17)22)28-15-16-7-9-18(10-8-16)24(25)26/h7-10,12-13,23H,3-6,11,14-15H2,1-2H3. The van der Waals surface area contributed by atoms with E-state index in [4.69, 9.17) is 9.47 Å². The lowest BCUT2D eigenvalue weighted by atomic mass is 10.1. The summed E-state index contributed by atoms with van der Waals surface area (Å²) in [5.41, 5.74) is 2.02. The normalized spacial score (nSPS) is 10.7. The maximum Gasteiger partial charge on any atom is 0.269 e. The van der Waals surface area contributed by atoms with Gasteiger partial charge < -0.3 is 14.8 Å². The van der Waals surface area contributed by atoms with Gasteiger partial charge in [0.15, 0.2) is 11.5 Å². The summed E-state index contributed by atoms with van der Waals surface area (Å²) < 4.78 is 12.3. The van der Waals surface area contributed by atoms with Crippen molar-refractivity contribution in [2.24, 2.45) is 0 Å². The zero-order valence-corrected chi connectivity index (χ0v) is 18.0. The zero-order valence-electron chi connectivity index (χ0n) is 16.4. The Hall–Kier alpha value is -2.12. The van der Waals surface area contributed by atoms with Gasteiger partial charge in [-0.05, 0) is 48.4 Å².